The summed E-state index contributed by atoms with van der Waals surface area (Å²) in [4.78, 5) is 22.6. The van der Waals surface area contributed by atoms with Crippen molar-refractivity contribution in [1.29, 1.82) is 0 Å². The zero-order valence-electron chi connectivity index (χ0n) is 15.8. The number of pyridine rings is 1. The Morgan fingerprint density at radius 2 is 1.79 bits per heavy atom. The minimum atomic E-state index is -0.510. The van der Waals surface area contributed by atoms with Gasteiger partial charge < -0.3 is 14.5 Å². The minimum Gasteiger partial charge on any atom is -0.436 e. The van der Waals surface area contributed by atoms with Gasteiger partial charge in [-0.1, -0.05) is 23.2 Å². The zero-order valence-corrected chi connectivity index (χ0v) is 17.3. The highest BCUT2D eigenvalue weighted by molar-refractivity contribution is 6.37. The average Bonchev–Trinajstić information content (AvgIpc) is 2.61. The highest BCUT2D eigenvalue weighted by atomic mass is 35.5. The van der Waals surface area contributed by atoms with E-state index in [4.69, 9.17) is 27.9 Å². The van der Waals surface area contributed by atoms with Gasteiger partial charge in [0, 0.05) is 46.5 Å². The van der Waals surface area contributed by atoms with Crippen molar-refractivity contribution < 1.29 is 9.66 Å². The molecule has 0 saturated heterocycles. The summed E-state index contributed by atoms with van der Waals surface area (Å²) in [6, 6.07) is 5.90. The Labute approximate surface area is 172 Å². The molecule has 0 amide bonds. The second kappa shape index (κ2) is 9.38. The van der Waals surface area contributed by atoms with Crippen LogP contribution in [0.1, 0.15) is 5.69 Å². The maximum Gasteiger partial charge on any atom is 0.295 e. The van der Waals surface area contributed by atoms with E-state index in [9.17, 15) is 10.1 Å². The van der Waals surface area contributed by atoms with Crippen molar-refractivity contribution in [2.75, 3.05) is 28.2 Å². The summed E-state index contributed by atoms with van der Waals surface area (Å²) >= 11 is 12.5. The Hall–Kier alpha value is -2.84. The summed E-state index contributed by atoms with van der Waals surface area (Å²) in [6.45, 7) is 0. The predicted molar refractivity (Wildman–Crippen MR) is 112 cm³/mol. The topological polar surface area (TPSA) is 84.1 Å². The molecule has 0 aliphatic carbocycles. The predicted octanol–water partition coefficient (Wildman–Crippen LogP) is 4.84. The Bertz CT molecular complexity index is 906. The average molecular weight is 424 g/mol. The van der Waals surface area contributed by atoms with E-state index in [0.29, 0.717) is 5.69 Å². The molecular formula is C18H19Cl2N5O3. The molecular weight excluding hydrogens is 405 g/mol. The first-order valence-corrected chi connectivity index (χ1v) is 8.80. The molecule has 1 heterocycles. The van der Waals surface area contributed by atoms with Crippen molar-refractivity contribution in [2.45, 2.75) is 0 Å². The van der Waals surface area contributed by atoms with Gasteiger partial charge in [-0.3, -0.25) is 10.1 Å². The van der Waals surface area contributed by atoms with E-state index in [1.165, 1.54) is 18.2 Å². The van der Waals surface area contributed by atoms with E-state index in [0.717, 1.165) is 0 Å². The first kappa shape index (κ1) is 21.5. The van der Waals surface area contributed by atoms with E-state index >= 15 is 0 Å². The van der Waals surface area contributed by atoms with Crippen molar-refractivity contribution in [1.82, 2.24) is 14.8 Å². The quantitative estimate of drug-likeness (QED) is 0.274. The molecule has 0 aliphatic rings. The number of ether oxygens (including phenoxy) is 1. The van der Waals surface area contributed by atoms with Crippen LogP contribution in [0.3, 0.4) is 0 Å². The van der Waals surface area contributed by atoms with E-state index in [2.05, 4.69) is 9.98 Å². The second-order valence-corrected chi connectivity index (χ2v) is 6.95. The number of nitrogens with zero attached hydrogens (tertiary/aromatic N) is 5. The molecule has 0 radical (unpaired) electrons. The van der Waals surface area contributed by atoms with Gasteiger partial charge in [-0.2, -0.15) is 0 Å². The van der Waals surface area contributed by atoms with Gasteiger partial charge in [-0.25, -0.2) is 9.98 Å². The zero-order chi connectivity index (χ0) is 20.8. The van der Waals surface area contributed by atoms with Crippen LogP contribution in [0.4, 0.5) is 11.4 Å². The van der Waals surface area contributed by atoms with Crippen LogP contribution >= 0.6 is 23.2 Å². The summed E-state index contributed by atoms with van der Waals surface area (Å²) in [5.74, 6) is 0.313. The largest absolute Gasteiger partial charge is 0.436 e. The molecule has 0 N–H and O–H groups in total. The lowest BCUT2D eigenvalue weighted by Gasteiger charge is -2.11. The van der Waals surface area contributed by atoms with Crippen molar-refractivity contribution in [2.24, 2.45) is 4.99 Å². The van der Waals surface area contributed by atoms with Crippen LogP contribution in [0.15, 0.2) is 35.5 Å². The van der Waals surface area contributed by atoms with Crippen LogP contribution < -0.4 is 4.74 Å². The fourth-order valence-corrected chi connectivity index (χ4v) is 2.56. The van der Waals surface area contributed by atoms with Gasteiger partial charge in [-0.05, 0) is 18.2 Å². The van der Waals surface area contributed by atoms with Gasteiger partial charge in [0.25, 0.3) is 5.69 Å². The van der Waals surface area contributed by atoms with Crippen LogP contribution in [0.25, 0.3) is 6.08 Å². The fraction of sp³-hybridized carbons (Fsp3) is 0.222. The summed E-state index contributed by atoms with van der Waals surface area (Å²) in [7, 11) is 7.27. The summed E-state index contributed by atoms with van der Waals surface area (Å²) < 4.78 is 5.70. The van der Waals surface area contributed by atoms with Crippen molar-refractivity contribution in [3.8, 4) is 11.6 Å². The van der Waals surface area contributed by atoms with Crippen LogP contribution in [0.5, 0.6) is 11.6 Å². The molecule has 1 aromatic heterocycles. The molecule has 0 aliphatic heterocycles. The molecule has 0 saturated carbocycles. The van der Waals surface area contributed by atoms with E-state index < -0.39 is 4.92 Å². The van der Waals surface area contributed by atoms with Crippen LogP contribution in [-0.2, 0) is 0 Å². The molecule has 0 atom stereocenters. The molecule has 8 nitrogen and oxygen atoms in total. The lowest BCUT2D eigenvalue weighted by molar-refractivity contribution is -0.385. The van der Waals surface area contributed by atoms with Crippen LogP contribution in [0, 0.1) is 10.1 Å². The Balaban J connectivity index is 2.37. The van der Waals surface area contributed by atoms with Crippen LogP contribution in [0.2, 0.25) is 10.0 Å². The number of halogens is 2. The molecule has 0 fully saturated rings. The third-order valence-electron chi connectivity index (χ3n) is 3.23. The van der Waals surface area contributed by atoms with Crippen molar-refractivity contribution >= 4 is 47.0 Å². The monoisotopic (exact) mass is 423 g/mol. The number of hydrogen-bond donors (Lipinski definition) is 0. The molecule has 28 heavy (non-hydrogen) atoms. The number of rotatable bonds is 7. The first-order chi connectivity index (χ1) is 13.2. The van der Waals surface area contributed by atoms with Gasteiger partial charge >= 0.3 is 0 Å². The first-order valence-electron chi connectivity index (χ1n) is 8.05. The SMILES string of the molecule is CN(C)/C=C/c1nc(Oc2c(Cl)cc(/N=C/N(C)C)cc2Cl)ccc1[N+](=O)[O-]. The maximum absolute atomic E-state index is 11.2. The lowest BCUT2D eigenvalue weighted by Crippen LogP contribution is -2.06. The molecule has 1 aromatic carbocycles. The number of aliphatic imine (C=N–C) groups is 1. The Morgan fingerprint density at radius 3 is 2.32 bits per heavy atom. The van der Waals surface area contributed by atoms with E-state index in [1.807, 2.05) is 14.1 Å². The Kier molecular flexibility index (Phi) is 7.19. The normalized spacial score (nSPS) is 11.2. The molecule has 0 spiro atoms. The second-order valence-electron chi connectivity index (χ2n) is 6.14. The van der Waals surface area contributed by atoms with Crippen molar-refractivity contribution in [3.63, 3.8) is 0 Å². The van der Waals surface area contributed by atoms with Crippen molar-refractivity contribution in [3.05, 3.63) is 56.3 Å². The smallest absolute Gasteiger partial charge is 0.295 e. The van der Waals surface area contributed by atoms with Gasteiger partial charge in [0.05, 0.1) is 27.0 Å². The van der Waals surface area contributed by atoms with Gasteiger partial charge in [0.15, 0.2) is 5.75 Å². The number of nitro groups is 1. The molecule has 10 heteroatoms. The molecule has 148 valence electrons. The highest BCUT2D eigenvalue weighted by Crippen LogP contribution is 2.39. The molecule has 2 rings (SSSR count). The van der Waals surface area contributed by atoms with E-state index in [1.54, 1.807) is 48.6 Å². The molecule has 2 aromatic rings. The summed E-state index contributed by atoms with van der Waals surface area (Å²) in [5, 5.41) is 11.7. The fourth-order valence-electron chi connectivity index (χ4n) is 2.01. The maximum atomic E-state index is 11.2. The highest BCUT2D eigenvalue weighted by Gasteiger charge is 2.17. The summed E-state index contributed by atoms with van der Waals surface area (Å²) in [6.07, 6.45) is 4.79. The third kappa shape index (κ3) is 5.83. The standard InChI is InChI=1S/C18H19Cl2N5O3/c1-23(2)8-7-15-16(25(26)27)5-6-17(22-15)28-18-13(19)9-12(10-14(18)20)21-11-24(3)4/h5-11H,1-4H3/b8-7+,21-11+. The molecule has 0 unspecified atom stereocenters. The van der Waals surface area contributed by atoms with Crippen LogP contribution in [-0.4, -0.2) is 54.2 Å². The van der Waals surface area contributed by atoms with Gasteiger partial charge in [-0.15, -0.1) is 0 Å². The minimum absolute atomic E-state index is 0.123. The number of hydrogen-bond acceptors (Lipinski definition) is 6. The lowest BCUT2D eigenvalue weighted by atomic mass is 10.3. The molecule has 0 bridgehead atoms. The Morgan fingerprint density at radius 1 is 1.14 bits per heavy atom. The van der Waals surface area contributed by atoms with E-state index in [-0.39, 0.29) is 33.1 Å². The number of aromatic nitrogens is 1. The number of benzene rings is 1. The van der Waals surface area contributed by atoms with Gasteiger partial charge in [0.1, 0.15) is 5.69 Å². The van der Waals surface area contributed by atoms with Gasteiger partial charge in [0.2, 0.25) is 5.88 Å². The third-order valence-corrected chi connectivity index (χ3v) is 3.79. The summed E-state index contributed by atoms with van der Waals surface area (Å²) in [5.41, 5.74) is 0.564.